The minimum atomic E-state index is -2.14. The van der Waals surface area contributed by atoms with Gasteiger partial charge in [-0.15, -0.1) is 11.3 Å². The van der Waals surface area contributed by atoms with E-state index in [1.54, 1.807) is 50.4 Å². The maximum atomic E-state index is 12.9. The number of hydrogen-bond donors (Lipinski definition) is 1. The van der Waals surface area contributed by atoms with Gasteiger partial charge in [-0.05, 0) is 51.0 Å². The Hall–Kier alpha value is -2.56. The molecule has 0 aliphatic rings. The van der Waals surface area contributed by atoms with Crippen molar-refractivity contribution in [2.45, 2.75) is 71.3 Å². The molecule has 10 heteroatoms. The van der Waals surface area contributed by atoms with Crippen LogP contribution in [0.1, 0.15) is 62.4 Å². The zero-order valence-electron chi connectivity index (χ0n) is 22.0. The molecule has 8 nitrogen and oxygen atoms in total. The number of ether oxygens (including phenoxy) is 2. The highest BCUT2D eigenvalue weighted by atomic mass is 32.1. The van der Waals surface area contributed by atoms with Gasteiger partial charge >= 0.3 is 11.9 Å². The van der Waals surface area contributed by atoms with Crippen LogP contribution in [0.5, 0.6) is 0 Å². The number of hydrogen-bond acceptors (Lipinski definition) is 8. The van der Waals surface area contributed by atoms with Gasteiger partial charge in [-0.1, -0.05) is 32.9 Å². The summed E-state index contributed by atoms with van der Waals surface area (Å²) in [6, 6.07) is 5.93. The van der Waals surface area contributed by atoms with E-state index >= 15 is 0 Å². The first-order valence-corrected chi connectivity index (χ1v) is 15.1. The molecule has 0 fully saturated rings. The summed E-state index contributed by atoms with van der Waals surface area (Å²) in [5.41, 5.74) is 0.633. The summed E-state index contributed by atoms with van der Waals surface area (Å²) in [4.78, 5) is 42.0. The topological polar surface area (TPSA) is 104 Å². The number of rotatable bonds is 8. The molecule has 0 spiro atoms. The van der Waals surface area contributed by atoms with Gasteiger partial charge in [-0.2, -0.15) is 0 Å². The maximum absolute atomic E-state index is 12.9. The Bertz CT molecular complexity index is 1070. The summed E-state index contributed by atoms with van der Waals surface area (Å²) < 4.78 is 16.4. The number of carbonyl (C=O) groups is 3. The number of esters is 2. The average molecular weight is 521 g/mol. The molecule has 2 rings (SSSR count). The van der Waals surface area contributed by atoms with Gasteiger partial charge in [-0.3, -0.25) is 4.79 Å². The van der Waals surface area contributed by atoms with E-state index in [4.69, 9.17) is 13.9 Å². The molecular weight excluding hydrogens is 484 g/mol. The number of amides is 1. The Morgan fingerprint density at radius 3 is 2.34 bits per heavy atom. The Labute approximate surface area is 212 Å². The molecule has 0 unspecified atom stereocenters. The van der Waals surface area contributed by atoms with E-state index in [1.807, 2.05) is 0 Å². The van der Waals surface area contributed by atoms with Gasteiger partial charge in [0.05, 0.1) is 19.3 Å². The van der Waals surface area contributed by atoms with Crippen LogP contribution < -0.4 is 5.32 Å². The lowest BCUT2D eigenvalue weighted by Gasteiger charge is -2.37. The molecule has 0 saturated carbocycles. The lowest BCUT2D eigenvalue weighted by molar-refractivity contribution is -0.143. The largest absolute Gasteiger partial charge is 0.467 e. The standard InChI is InChI=1S/C25H36N2O6SSi/c1-24(2,3)33-22(29)17-12-10-11-16(13-17)21-27-19(15-34-21)20(28)26-18(23(30)31-7)14-32-35(8,9)25(4,5)6/h10-13,15,18H,14H2,1-9H3,(H,26,28)/t18-/m0/s1. The number of benzene rings is 1. The molecule has 0 aliphatic carbocycles. The van der Waals surface area contributed by atoms with Crippen molar-refractivity contribution in [3.63, 3.8) is 0 Å². The van der Waals surface area contributed by atoms with E-state index in [-0.39, 0.29) is 17.3 Å². The van der Waals surface area contributed by atoms with Crippen molar-refractivity contribution >= 4 is 37.5 Å². The Morgan fingerprint density at radius 2 is 1.77 bits per heavy atom. The molecule has 1 amide bonds. The zero-order valence-corrected chi connectivity index (χ0v) is 23.8. The molecule has 2 aromatic rings. The van der Waals surface area contributed by atoms with Crippen LogP contribution in [0.15, 0.2) is 29.6 Å². The number of nitrogens with zero attached hydrogens (tertiary/aromatic N) is 1. The second-order valence-corrected chi connectivity index (χ2v) is 16.4. The van der Waals surface area contributed by atoms with Crippen LogP contribution in [0, 0.1) is 0 Å². The van der Waals surface area contributed by atoms with Gasteiger partial charge in [0.2, 0.25) is 0 Å². The first-order valence-electron chi connectivity index (χ1n) is 11.4. The molecule has 1 N–H and O–H groups in total. The SMILES string of the molecule is COC(=O)[C@H](CO[Si](C)(C)C(C)(C)C)NC(=O)c1csc(-c2cccc(C(=O)OC(C)(C)C)c2)n1. The van der Waals surface area contributed by atoms with E-state index in [0.29, 0.717) is 16.1 Å². The van der Waals surface area contributed by atoms with Gasteiger partial charge in [-0.25, -0.2) is 14.6 Å². The van der Waals surface area contributed by atoms with Gasteiger partial charge in [0.15, 0.2) is 8.32 Å². The van der Waals surface area contributed by atoms with Gasteiger partial charge in [0, 0.05) is 10.9 Å². The highest BCUT2D eigenvalue weighted by Gasteiger charge is 2.38. The van der Waals surface area contributed by atoms with Crippen LogP contribution in [0.25, 0.3) is 10.6 Å². The van der Waals surface area contributed by atoms with Crippen molar-refractivity contribution in [2.24, 2.45) is 0 Å². The number of thiazole rings is 1. The summed E-state index contributed by atoms with van der Waals surface area (Å²) in [7, 11) is -0.867. The fourth-order valence-corrected chi connectivity index (χ4v) is 4.49. The Morgan fingerprint density at radius 1 is 1.11 bits per heavy atom. The quantitative estimate of drug-likeness (QED) is 0.383. The smallest absolute Gasteiger partial charge is 0.338 e. The zero-order chi connectivity index (χ0) is 26.6. The summed E-state index contributed by atoms with van der Waals surface area (Å²) in [6.45, 7) is 15.9. The predicted molar refractivity (Wildman–Crippen MR) is 139 cm³/mol. The minimum Gasteiger partial charge on any atom is -0.467 e. The van der Waals surface area contributed by atoms with Crippen molar-refractivity contribution in [1.82, 2.24) is 10.3 Å². The monoisotopic (exact) mass is 520 g/mol. The summed E-state index contributed by atoms with van der Waals surface area (Å²) in [5, 5.41) is 4.80. The Balaban J connectivity index is 2.16. The summed E-state index contributed by atoms with van der Waals surface area (Å²) in [5.74, 6) is -1.53. The van der Waals surface area contributed by atoms with E-state index in [0.717, 1.165) is 0 Å². The van der Waals surface area contributed by atoms with E-state index in [9.17, 15) is 14.4 Å². The van der Waals surface area contributed by atoms with Gasteiger partial charge in [0.1, 0.15) is 22.3 Å². The number of nitrogens with one attached hydrogen (secondary N) is 1. The van der Waals surface area contributed by atoms with Crippen LogP contribution >= 0.6 is 11.3 Å². The normalized spacial score (nSPS) is 13.2. The first kappa shape index (κ1) is 28.7. The van der Waals surface area contributed by atoms with Crippen LogP contribution in [0.4, 0.5) is 0 Å². The number of aromatic nitrogens is 1. The first-order chi connectivity index (χ1) is 16.0. The fourth-order valence-electron chi connectivity index (χ4n) is 2.68. The maximum Gasteiger partial charge on any atom is 0.338 e. The predicted octanol–water partition coefficient (Wildman–Crippen LogP) is 5.06. The molecule has 0 bridgehead atoms. The van der Waals surface area contributed by atoms with E-state index < -0.39 is 37.8 Å². The summed E-state index contributed by atoms with van der Waals surface area (Å²) >= 11 is 1.26. The number of methoxy groups -OCH3 is 1. The van der Waals surface area contributed by atoms with Crippen LogP contribution in [0.2, 0.25) is 18.1 Å². The van der Waals surface area contributed by atoms with Crippen molar-refractivity contribution in [2.75, 3.05) is 13.7 Å². The molecule has 1 aromatic heterocycles. The van der Waals surface area contributed by atoms with Crippen molar-refractivity contribution in [3.05, 3.63) is 40.9 Å². The molecule has 1 aromatic carbocycles. The van der Waals surface area contributed by atoms with Crippen LogP contribution in [-0.2, 0) is 18.7 Å². The number of carbonyl (C=O) groups excluding carboxylic acids is 3. The van der Waals surface area contributed by atoms with Crippen LogP contribution in [0.3, 0.4) is 0 Å². The van der Waals surface area contributed by atoms with Crippen molar-refractivity contribution in [3.8, 4) is 10.6 Å². The molecule has 1 heterocycles. The molecule has 192 valence electrons. The third-order valence-corrected chi connectivity index (χ3v) is 11.1. The average Bonchev–Trinajstić information content (AvgIpc) is 3.24. The molecular formula is C25H36N2O6SSi. The van der Waals surface area contributed by atoms with Crippen LogP contribution in [-0.4, -0.2) is 56.5 Å². The fraction of sp³-hybridized carbons (Fsp3) is 0.520. The second-order valence-electron chi connectivity index (χ2n) is 10.7. The summed E-state index contributed by atoms with van der Waals surface area (Å²) in [6.07, 6.45) is 0. The second kappa shape index (κ2) is 11.0. The van der Waals surface area contributed by atoms with Crippen molar-refractivity contribution < 1.29 is 28.3 Å². The molecule has 0 saturated heterocycles. The van der Waals surface area contributed by atoms with Gasteiger partial charge < -0.3 is 19.2 Å². The van der Waals surface area contributed by atoms with Crippen molar-refractivity contribution in [1.29, 1.82) is 0 Å². The molecule has 0 radical (unpaired) electrons. The third kappa shape index (κ3) is 7.98. The molecule has 1 atom stereocenters. The molecule has 35 heavy (non-hydrogen) atoms. The highest BCUT2D eigenvalue weighted by Crippen LogP contribution is 2.36. The molecule has 0 aliphatic heterocycles. The Kier molecular flexibility index (Phi) is 9.02. The van der Waals surface area contributed by atoms with E-state index in [2.05, 4.69) is 44.2 Å². The third-order valence-electron chi connectivity index (χ3n) is 5.69. The van der Waals surface area contributed by atoms with E-state index in [1.165, 1.54) is 18.4 Å². The van der Waals surface area contributed by atoms with Gasteiger partial charge in [0.25, 0.3) is 5.91 Å². The lowest BCUT2D eigenvalue weighted by atomic mass is 10.1. The lowest BCUT2D eigenvalue weighted by Crippen LogP contribution is -2.49. The highest BCUT2D eigenvalue weighted by molar-refractivity contribution is 7.13. The minimum absolute atomic E-state index is 0.0177.